The van der Waals surface area contributed by atoms with Crippen LogP contribution in [-0.2, 0) is 6.42 Å². The van der Waals surface area contributed by atoms with Crippen LogP contribution in [0.3, 0.4) is 0 Å². The SMILES string of the molecule is CCCCc1ccc(Nc2ncnc(NN)c2Br)cc1. The number of halogens is 1. The predicted octanol–water partition coefficient (Wildman–Crippen LogP) is 3.61. The van der Waals surface area contributed by atoms with Crippen molar-refractivity contribution in [3.63, 3.8) is 0 Å². The number of hydrazine groups is 1. The average Bonchev–Trinajstić information content (AvgIpc) is 2.48. The second kappa shape index (κ2) is 7.21. The van der Waals surface area contributed by atoms with Gasteiger partial charge in [0, 0.05) is 5.69 Å². The molecule has 106 valence electrons. The minimum Gasteiger partial charge on any atom is -0.339 e. The number of aromatic nitrogens is 2. The largest absolute Gasteiger partial charge is 0.339 e. The van der Waals surface area contributed by atoms with Gasteiger partial charge < -0.3 is 10.7 Å². The molecule has 0 amide bonds. The average molecular weight is 336 g/mol. The number of benzene rings is 1. The van der Waals surface area contributed by atoms with Crippen molar-refractivity contribution in [3.8, 4) is 0 Å². The summed E-state index contributed by atoms with van der Waals surface area (Å²) < 4.78 is 0.706. The molecule has 1 aromatic heterocycles. The van der Waals surface area contributed by atoms with E-state index >= 15 is 0 Å². The van der Waals surface area contributed by atoms with E-state index < -0.39 is 0 Å². The zero-order valence-corrected chi connectivity index (χ0v) is 12.9. The molecular formula is C14H18BrN5. The monoisotopic (exact) mass is 335 g/mol. The quantitative estimate of drug-likeness (QED) is 0.555. The van der Waals surface area contributed by atoms with Gasteiger partial charge in [-0.1, -0.05) is 25.5 Å². The molecule has 0 aliphatic rings. The molecule has 4 N–H and O–H groups in total. The molecule has 5 nitrogen and oxygen atoms in total. The van der Waals surface area contributed by atoms with Gasteiger partial charge in [0.2, 0.25) is 0 Å². The number of hydrogen-bond acceptors (Lipinski definition) is 5. The molecule has 0 atom stereocenters. The first kappa shape index (κ1) is 14.7. The normalized spacial score (nSPS) is 10.3. The van der Waals surface area contributed by atoms with E-state index in [9.17, 15) is 0 Å². The maximum Gasteiger partial charge on any atom is 0.159 e. The van der Waals surface area contributed by atoms with Gasteiger partial charge in [0.15, 0.2) is 5.82 Å². The highest BCUT2D eigenvalue weighted by molar-refractivity contribution is 9.10. The molecule has 0 fully saturated rings. The van der Waals surface area contributed by atoms with Gasteiger partial charge in [-0.3, -0.25) is 0 Å². The Morgan fingerprint density at radius 1 is 1.15 bits per heavy atom. The van der Waals surface area contributed by atoms with Crippen LogP contribution < -0.4 is 16.6 Å². The van der Waals surface area contributed by atoms with Crippen molar-refractivity contribution in [2.75, 3.05) is 10.7 Å². The Bertz CT molecular complexity index is 556. The van der Waals surface area contributed by atoms with Gasteiger partial charge in [-0.05, 0) is 46.5 Å². The molecular weight excluding hydrogens is 318 g/mol. The highest BCUT2D eigenvalue weighted by Crippen LogP contribution is 2.28. The lowest BCUT2D eigenvalue weighted by molar-refractivity contribution is 0.795. The van der Waals surface area contributed by atoms with Crippen LogP contribution in [0.5, 0.6) is 0 Å². The summed E-state index contributed by atoms with van der Waals surface area (Å²) in [5, 5.41) is 3.24. The third-order valence-electron chi connectivity index (χ3n) is 2.96. The summed E-state index contributed by atoms with van der Waals surface area (Å²) in [5.41, 5.74) is 4.85. The van der Waals surface area contributed by atoms with E-state index in [-0.39, 0.29) is 0 Å². The maximum absolute atomic E-state index is 5.38. The fourth-order valence-corrected chi connectivity index (χ4v) is 2.25. The molecule has 1 aromatic carbocycles. The fraction of sp³-hybridized carbons (Fsp3) is 0.286. The van der Waals surface area contributed by atoms with Crippen LogP contribution in [-0.4, -0.2) is 9.97 Å². The Hall–Kier alpha value is -1.66. The Morgan fingerprint density at radius 3 is 2.50 bits per heavy atom. The molecule has 0 saturated carbocycles. The number of nitrogens with two attached hydrogens (primary N) is 1. The first-order chi connectivity index (χ1) is 9.74. The summed E-state index contributed by atoms with van der Waals surface area (Å²) in [4.78, 5) is 8.20. The second-order valence-electron chi connectivity index (χ2n) is 4.45. The van der Waals surface area contributed by atoms with E-state index in [1.807, 2.05) is 0 Å². The van der Waals surface area contributed by atoms with Crippen LogP contribution in [0.4, 0.5) is 17.3 Å². The number of anilines is 3. The molecule has 6 heteroatoms. The second-order valence-corrected chi connectivity index (χ2v) is 5.25. The lowest BCUT2D eigenvalue weighted by atomic mass is 10.1. The first-order valence-electron chi connectivity index (χ1n) is 6.57. The zero-order valence-electron chi connectivity index (χ0n) is 11.4. The van der Waals surface area contributed by atoms with Crippen molar-refractivity contribution in [2.24, 2.45) is 5.84 Å². The van der Waals surface area contributed by atoms with Gasteiger partial charge in [0.05, 0.1) is 0 Å². The van der Waals surface area contributed by atoms with Crippen LogP contribution in [0.15, 0.2) is 35.1 Å². The van der Waals surface area contributed by atoms with Crippen molar-refractivity contribution < 1.29 is 0 Å². The molecule has 0 bridgehead atoms. The van der Waals surface area contributed by atoms with E-state index in [1.54, 1.807) is 0 Å². The smallest absolute Gasteiger partial charge is 0.159 e. The third kappa shape index (κ3) is 3.68. The van der Waals surface area contributed by atoms with Gasteiger partial charge in [-0.2, -0.15) is 0 Å². The lowest BCUT2D eigenvalue weighted by Crippen LogP contribution is -2.10. The summed E-state index contributed by atoms with van der Waals surface area (Å²) in [7, 11) is 0. The zero-order chi connectivity index (χ0) is 14.4. The number of unbranched alkanes of at least 4 members (excludes halogenated alkanes) is 1. The molecule has 1 heterocycles. The van der Waals surface area contributed by atoms with Crippen LogP contribution >= 0.6 is 15.9 Å². The summed E-state index contributed by atoms with van der Waals surface area (Å²) in [5.74, 6) is 6.60. The van der Waals surface area contributed by atoms with Crippen molar-refractivity contribution in [1.29, 1.82) is 0 Å². The highest BCUT2D eigenvalue weighted by atomic mass is 79.9. The Morgan fingerprint density at radius 2 is 1.85 bits per heavy atom. The lowest BCUT2D eigenvalue weighted by Gasteiger charge is -2.10. The number of aryl methyl sites for hydroxylation is 1. The van der Waals surface area contributed by atoms with E-state index in [0.29, 0.717) is 16.1 Å². The van der Waals surface area contributed by atoms with Gasteiger partial charge in [0.25, 0.3) is 0 Å². The van der Waals surface area contributed by atoms with Crippen molar-refractivity contribution in [3.05, 3.63) is 40.6 Å². The molecule has 2 rings (SSSR count). The summed E-state index contributed by atoms with van der Waals surface area (Å²) in [6.07, 6.45) is 5.01. The third-order valence-corrected chi connectivity index (χ3v) is 3.71. The standard InChI is InChI=1S/C14H18BrN5/c1-2-3-4-10-5-7-11(8-6-10)19-13-12(15)14(20-16)18-9-17-13/h5-9H,2-4,16H2,1H3,(H2,17,18,19,20). The Kier molecular flexibility index (Phi) is 5.31. The molecule has 20 heavy (non-hydrogen) atoms. The van der Waals surface area contributed by atoms with Gasteiger partial charge >= 0.3 is 0 Å². The number of hydrogen-bond donors (Lipinski definition) is 3. The fourth-order valence-electron chi connectivity index (χ4n) is 1.83. The molecule has 0 aliphatic heterocycles. The Labute approximate surface area is 127 Å². The maximum atomic E-state index is 5.38. The molecule has 0 radical (unpaired) electrons. The van der Waals surface area contributed by atoms with E-state index in [2.05, 4.69) is 67.8 Å². The van der Waals surface area contributed by atoms with Gasteiger partial charge in [0.1, 0.15) is 16.6 Å². The minimum atomic E-state index is 0.544. The van der Waals surface area contributed by atoms with Crippen molar-refractivity contribution >= 4 is 33.3 Å². The Balaban J connectivity index is 2.10. The summed E-state index contributed by atoms with van der Waals surface area (Å²) in [6.45, 7) is 2.20. The first-order valence-corrected chi connectivity index (χ1v) is 7.37. The highest BCUT2D eigenvalue weighted by Gasteiger charge is 2.07. The minimum absolute atomic E-state index is 0.544. The molecule has 2 aromatic rings. The van der Waals surface area contributed by atoms with Crippen molar-refractivity contribution in [1.82, 2.24) is 9.97 Å². The summed E-state index contributed by atoms with van der Waals surface area (Å²) >= 11 is 3.42. The van der Waals surface area contributed by atoms with E-state index in [1.165, 1.54) is 24.7 Å². The van der Waals surface area contributed by atoms with Crippen LogP contribution in [0, 0.1) is 0 Å². The van der Waals surface area contributed by atoms with E-state index in [4.69, 9.17) is 5.84 Å². The number of rotatable bonds is 6. The number of nitrogen functional groups attached to an aromatic ring is 1. The summed E-state index contributed by atoms with van der Waals surface area (Å²) in [6, 6.07) is 8.37. The van der Waals surface area contributed by atoms with E-state index in [0.717, 1.165) is 12.1 Å². The van der Waals surface area contributed by atoms with Crippen molar-refractivity contribution in [2.45, 2.75) is 26.2 Å². The predicted molar refractivity (Wildman–Crippen MR) is 85.9 cm³/mol. The molecule has 0 saturated heterocycles. The van der Waals surface area contributed by atoms with Gasteiger partial charge in [-0.25, -0.2) is 15.8 Å². The topological polar surface area (TPSA) is 75.9 Å². The van der Waals surface area contributed by atoms with Crippen LogP contribution in [0.2, 0.25) is 0 Å². The number of nitrogens with one attached hydrogen (secondary N) is 2. The molecule has 0 unspecified atom stereocenters. The molecule has 0 aliphatic carbocycles. The van der Waals surface area contributed by atoms with Crippen LogP contribution in [0.1, 0.15) is 25.3 Å². The number of nitrogens with zero attached hydrogens (tertiary/aromatic N) is 2. The van der Waals surface area contributed by atoms with Crippen LogP contribution in [0.25, 0.3) is 0 Å². The molecule has 0 spiro atoms. The van der Waals surface area contributed by atoms with Gasteiger partial charge in [-0.15, -0.1) is 0 Å².